The number of aromatic nitrogens is 2. The van der Waals surface area contributed by atoms with Gasteiger partial charge in [0.1, 0.15) is 17.2 Å². The van der Waals surface area contributed by atoms with Gasteiger partial charge >= 0.3 is 6.18 Å². The molecular formula is C20H20F3N3O2. The number of pyridine rings is 2. The summed E-state index contributed by atoms with van der Waals surface area (Å²) in [6.07, 6.45) is -0.352. The maximum atomic E-state index is 12.6. The summed E-state index contributed by atoms with van der Waals surface area (Å²) in [5.74, 6) is 0.727. The van der Waals surface area contributed by atoms with Gasteiger partial charge in [-0.15, -0.1) is 0 Å². The van der Waals surface area contributed by atoms with E-state index in [1.165, 1.54) is 6.07 Å². The highest BCUT2D eigenvalue weighted by Gasteiger charge is 2.32. The minimum absolute atomic E-state index is 0.0493. The van der Waals surface area contributed by atoms with Crippen LogP contribution in [0.1, 0.15) is 37.1 Å². The number of carbonyl (C=O) groups is 1. The van der Waals surface area contributed by atoms with Gasteiger partial charge < -0.3 is 9.64 Å². The van der Waals surface area contributed by atoms with Gasteiger partial charge in [-0.2, -0.15) is 13.2 Å². The van der Waals surface area contributed by atoms with Crippen LogP contribution in [0.3, 0.4) is 0 Å². The van der Waals surface area contributed by atoms with E-state index in [0.29, 0.717) is 24.4 Å². The largest absolute Gasteiger partial charge is 0.454 e. The van der Waals surface area contributed by atoms with Crippen LogP contribution in [0.5, 0.6) is 11.5 Å². The van der Waals surface area contributed by atoms with E-state index in [9.17, 15) is 18.0 Å². The fourth-order valence-corrected chi connectivity index (χ4v) is 3.16. The lowest BCUT2D eigenvalue weighted by Gasteiger charge is -2.32. The zero-order valence-electron chi connectivity index (χ0n) is 15.4. The van der Waals surface area contributed by atoms with Crippen molar-refractivity contribution in [2.75, 3.05) is 13.1 Å². The lowest BCUT2D eigenvalue weighted by atomic mass is 9.92. The molecule has 0 radical (unpaired) electrons. The SMILES string of the molecule is C=C(C)C(=O)N1CCC(c2ncccc2Oc2ccc(C(F)(F)F)nc2)CC1. The molecule has 5 nitrogen and oxygen atoms in total. The van der Waals surface area contributed by atoms with Gasteiger partial charge in [-0.3, -0.25) is 9.78 Å². The van der Waals surface area contributed by atoms with E-state index in [1.807, 2.05) is 0 Å². The van der Waals surface area contributed by atoms with Gasteiger partial charge in [0.15, 0.2) is 0 Å². The Hall–Kier alpha value is -2.90. The number of rotatable bonds is 4. The number of halogens is 3. The van der Waals surface area contributed by atoms with Gasteiger partial charge in [-0.1, -0.05) is 6.58 Å². The predicted octanol–water partition coefficient (Wildman–Crippen LogP) is 4.57. The standard InChI is InChI=1S/C20H20F3N3O2/c1-13(2)19(27)26-10-7-14(8-11-26)18-16(4-3-9-24-18)28-15-5-6-17(25-12-15)20(21,22)23/h3-6,9,12,14H,1,7-8,10-11H2,2H3. The molecule has 1 fully saturated rings. The number of likely N-dealkylation sites (tertiary alicyclic amines) is 1. The van der Waals surface area contributed by atoms with Gasteiger partial charge in [-0.05, 0) is 44.0 Å². The quantitative estimate of drug-likeness (QED) is 0.717. The van der Waals surface area contributed by atoms with Crippen LogP contribution in [0.25, 0.3) is 0 Å². The smallest absolute Gasteiger partial charge is 0.433 e. The number of carbonyl (C=O) groups excluding carboxylic acids is 1. The topological polar surface area (TPSA) is 55.3 Å². The molecule has 1 saturated heterocycles. The molecule has 0 N–H and O–H groups in total. The Kier molecular flexibility index (Phi) is 5.67. The van der Waals surface area contributed by atoms with Gasteiger partial charge in [0.2, 0.25) is 5.91 Å². The van der Waals surface area contributed by atoms with Gasteiger partial charge in [0.05, 0.1) is 11.9 Å². The summed E-state index contributed by atoms with van der Waals surface area (Å²) in [7, 11) is 0. The van der Waals surface area contributed by atoms with Crippen LogP contribution in [0, 0.1) is 0 Å². The lowest BCUT2D eigenvalue weighted by Crippen LogP contribution is -2.38. The molecule has 2 aromatic rings. The van der Waals surface area contributed by atoms with Crippen molar-refractivity contribution < 1.29 is 22.7 Å². The highest BCUT2D eigenvalue weighted by atomic mass is 19.4. The normalized spacial score (nSPS) is 15.4. The van der Waals surface area contributed by atoms with Gasteiger partial charge in [-0.25, -0.2) is 4.98 Å². The first kappa shape index (κ1) is 19.9. The van der Waals surface area contributed by atoms with E-state index in [1.54, 1.807) is 30.2 Å². The summed E-state index contributed by atoms with van der Waals surface area (Å²) in [6.45, 7) is 6.56. The molecule has 1 aliphatic rings. The fourth-order valence-electron chi connectivity index (χ4n) is 3.16. The van der Waals surface area contributed by atoms with Crippen LogP contribution in [-0.4, -0.2) is 33.9 Å². The maximum absolute atomic E-state index is 12.6. The van der Waals surface area contributed by atoms with Crippen molar-refractivity contribution >= 4 is 5.91 Å². The Morgan fingerprint density at radius 2 is 1.93 bits per heavy atom. The monoisotopic (exact) mass is 391 g/mol. The second-order valence-electron chi connectivity index (χ2n) is 6.71. The number of ether oxygens (including phenoxy) is 1. The lowest BCUT2D eigenvalue weighted by molar-refractivity contribution is -0.141. The van der Waals surface area contributed by atoms with Crippen LogP contribution in [0.4, 0.5) is 13.2 Å². The number of hydrogen-bond acceptors (Lipinski definition) is 4. The van der Waals surface area contributed by atoms with Crippen molar-refractivity contribution in [3.8, 4) is 11.5 Å². The molecule has 0 saturated carbocycles. The number of hydrogen-bond donors (Lipinski definition) is 0. The van der Waals surface area contributed by atoms with Crippen molar-refractivity contribution in [3.05, 3.63) is 60.2 Å². The molecule has 3 rings (SSSR count). The van der Waals surface area contributed by atoms with Crippen molar-refractivity contribution in [2.24, 2.45) is 0 Å². The molecule has 3 heterocycles. The number of nitrogens with zero attached hydrogens (tertiary/aromatic N) is 3. The van der Waals surface area contributed by atoms with E-state index in [4.69, 9.17) is 4.74 Å². The van der Waals surface area contributed by atoms with Crippen molar-refractivity contribution in [1.29, 1.82) is 0 Å². The molecule has 8 heteroatoms. The van der Waals surface area contributed by atoms with Crippen LogP contribution >= 0.6 is 0 Å². The Morgan fingerprint density at radius 1 is 1.21 bits per heavy atom. The molecule has 0 aliphatic carbocycles. The summed E-state index contributed by atoms with van der Waals surface area (Å²) in [6, 6.07) is 5.55. The average Bonchev–Trinajstić information content (AvgIpc) is 2.68. The number of amides is 1. The summed E-state index contributed by atoms with van der Waals surface area (Å²) in [5, 5.41) is 0. The number of alkyl halides is 3. The first-order valence-electron chi connectivity index (χ1n) is 8.86. The molecule has 0 aromatic carbocycles. The highest BCUT2D eigenvalue weighted by Crippen LogP contribution is 2.35. The Balaban J connectivity index is 1.72. The third-order valence-corrected chi connectivity index (χ3v) is 4.59. The molecule has 1 aliphatic heterocycles. The van der Waals surface area contributed by atoms with Gasteiger partial charge in [0.25, 0.3) is 0 Å². The van der Waals surface area contributed by atoms with Crippen molar-refractivity contribution in [1.82, 2.24) is 14.9 Å². The van der Waals surface area contributed by atoms with Crippen molar-refractivity contribution in [3.63, 3.8) is 0 Å². The second kappa shape index (κ2) is 8.00. The molecular weight excluding hydrogens is 371 g/mol. The zero-order valence-corrected chi connectivity index (χ0v) is 15.4. The molecule has 0 bridgehead atoms. The summed E-state index contributed by atoms with van der Waals surface area (Å²) < 4.78 is 43.7. The predicted molar refractivity (Wildman–Crippen MR) is 96.9 cm³/mol. The average molecular weight is 391 g/mol. The minimum Gasteiger partial charge on any atom is -0.454 e. The first-order valence-corrected chi connectivity index (χ1v) is 8.86. The third-order valence-electron chi connectivity index (χ3n) is 4.59. The fraction of sp³-hybridized carbons (Fsp3) is 0.350. The number of piperidine rings is 1. The molecule has 28 heavy (non-hydrogen) atoms. The Labute approximate surface area is 160 Å². The van der Waals surface area contributed by atoms with Crippen molar-refractivity contribution in [2.45, 2.75) is 31.9 Å². The van der Waals surface area contributed by atoms with E-state index in [0.717, 1.165) is 30.8 Å². The molecule has 0 unspecified atom stereocenters. The van der Waals surface area contributed by atoms with Crippen LogP contribution in [0.15, 0.2) is 48.8 Å². The summed E-state index contributed by atoms with van der Waals surface area (Å²) >= 11 is 0. The zero-order chi connectivity index (χ0) is 20.3. The van der Waals surface area contributed by atoms with Gasteiger partial charge in [0, 0.05) is 30.8 Å². The first-order chi connectivity index (χ1) is 13.3. The Bertz CT molecular complexity index is 858. The maximum Gasteiger partial charge on any atom is 0.433 e. The molecule has 2 aromatic heterocycles. The van der Waals surface area contributed by atoms with E-state index in [-0.39, 0.29) is 17.6 Å². The second-order valence-corrected chi connectivity index (χ2v) is 6.71. The van der Waals surface area contributed by atoms with Crippen LogP contribution in [-0.2, 0) is 11.0 Å². The van der Waals surface area contributed by atoms with E-state index < -0.39 is 11.9 Å². The summed E-state index contributed by atoms with van der Waals surface area (Å²) in [4.78, 5) is 21.6. The highest BCUT2D eigenvalue weighted by molar-refractivity contribution is 5.92. The van der Waals surface area contributed by atoms with E-state index in [2.05, 4.69) is 16.5 Å². The van der Waals surface area contributed by atoms with E-state index >= 15 is 0 Å². The third kappa shape index (κ3) is 4.49. The van der Waals surface area contributed by atoms with Crippen LogP contribution < -0.4 is 4.74 Å². The molecule has 0 spiro atoms. The minimum atomic E-state index is -4.49. The molecule has 148 valence electrons. The van der Waals surface area contributed by atoms with Crippen LogP contribution in [0.2, 0.25) is 0 Å². The molecule has 1 amide bonds. The summed E-state index contributed by atoms with van der Waals surface area (Å²) in [5.41, 5.74) is 0.265. The molecule has 0 atom stereocenters. The Morgan fingerprint density at radius 3 is 2.50 bits per heavy atom.